The molecule has 4 aromatic rings. The fraction of sp³-hybridized carbons (Fsp3) is 0.208. The van der Waals surface area contributed by atoms with E-state index in [9.17, 15) is 4.79 Å². The Morgan fingerprint density at radius 3 is 2.76 bits per heavy atom. The van der Waals surface area contributed by atoms with Crippen molar-refractivity contribution in [1.29, 1.82) is 0 Å². The SMILES string of the molecule is CSCc1c(C(=O)N2CCc3sccc3C2c2ccccc2)oc2ccccc12. The van der Waals surface area contributed by atoms with Crippen molar-refractivity contribution in [3.63, 3.8) is 0 Å². The summed E-state index contributed by atoms with van der Waals surface area (Å²) in [4.78, 5) is 17.2. The number of amides is 1. The Morgan fingerprint density at radius 1 is 1.14 bits per heavy atom. The molecule has 0 saturated heterocycles. The van der Waals surface area contributed by atoms with Crippen molar-refractivity contribution in [3.05, 3.63) is 93.4 Å². The molecule has 0 N–H and O–H groups in total. The molecule has 29 heavy (non-hydrogen) atoms. The molecular formula is C24H21NO2S2. The second-order valence-electron chi connectivity index (χ2n) is 7.20. The monoisotopic (exact) mass is 419 g/mol. The Kier molecular flexibility index (Phi) is 4.94. The van der Waals surface area contributed by atoms with Crippen molar-refractivity contribution in [2.24, 2.45) is 0 Å². The summed E-state index contributed by atoms with van der Waals surface area (Å²) in [5.74, 6) is 1.22. The summed E-state index contributed by atoms with van der Waals surface area (Å²) in [6.45, 7) is 0.696. The molecule has 3 nitrogen and oxygen atoms in total. The topological polar surface area (TPSA) is 33.5 Å². The predicted molar refractivity (Wildman–Crippen MR) is 121 cm³/mol. The lowest BCUT2D eigenvalue weighted by molar-refractivity contribution is 0.0664. The summed E-state index contributed by atoms with van der Waals surface area (Å²) in [6, 6.07) is 20.3. The number of carbonyl (C=O) groups is 1. The van der Waals surface area contributed by atoms with Gasteiger partial charge in [-0.05, 0) is 41.3 Å². The van der Waals surface area contributed by atoms with Crippen molar-refractivity contribution in [3.8, 4) is 0 Å². The Morgan fingerprint density at radius 2 is 1.93 bits per heavy atom. The molecule has 1 aliphatic rings. The van der Waals surface area contributed by atoms with E-state index in [0.717, 1.165) is 34.3 Å². The molecule has 2 aromatic carbocycles. The van der Waals surface area contributed by atoms with Crippen molar-refractivity contribution < 1.29 is 9.21 Å². The zero-order chi connectivity index (χ0) is 19.8. The van der Waals surface area contributed by atoms with Gasteiger partial charge in [0.2, 0.25) is 0 Å². The van der Waals surface area contributed by atoms with Gasteiger partial charge < -0.3 is 9.32 Å². The second kappa shape index (κ2) is 7.73. The molecule has 0 spiro atoms. The standard InChI is InChI=1S/C24H21NO2S2/c1-28-15-19-17-9-5-6-10-20(17)27-23(19)24(26)25-13-11-21-18(12-14-29-21)22(25)16-7-3-2-4-8-16/h2-10,12,14,22H,11,13,15H2,1H3. The molecule has 0 bridgehead atoms. The first kappa shape index (κ1) is 18.5. The van der Waals surface area contributed by atoms with Crippen molar-refractivity contribution >= 4 is 40.0 Å². The quantitative estimate of drug-likeness (QED) is 0.398. The summed E-state index contributed by atoms with van der Waals surface area (Å²) in [5, 5.41) is 3.17. The number of carbonyl (C=O) groups excluding carboxylic acids is 1. The van der Waals surface area contributed by atoms with E-state index >= 15 is 0 Å². The van der Waals surface area contributed by atoms with Crippen LogP contribution in [0.4, 0.5) is 0 Å². The van der Waals surface area contributed by atoms with Crippen molar-refractivity contribution in [1.82, 2.24) is 4.90 Å². The van der Waals surface area contributed by atoms with E-state index < -0.39 is 0 Å². The number of furan rings is 1. The van der Waals surface area contributed by atoms with E-state index in [-0.39, 0.29) is 11.9 Å². The summed E-state index contributed by atoms with van der Waals surface area (Å²) in [5.41, 5.74) is 4.16. The Balaban J connectivity index is 1.62. The highest BCUT2D eigenvalue weighted by atomic mass is 32.2. The third-order valence-corrected chi connectivity index (χ3v) is 7.10. The average Bonchev–Trinajstić information content (AvgIpc) is 3.38. The maximum atomic E-state index is 13.8. The minimum absolute atomic E-state index is 0.0176. The molecular weight excluding hydrogens is 398 g/mol. The van der Waals surface area contributed by atoms with Gasteiger partial charge in [-0.15, -0.1) is 11.3 Å². The second-order valence-corrected chi connectivity index (χ2v) is 9.07. The molecule has 0 aliphatic carbocycles. The maximum absolute atomic E-state index is 13.8. The van der Waals surface area contributed by atoms with Crippen molar-refractivity contribution in [2.45, 2.75) is 18.2 Å². The molecule has 0 fully saturated rings. The Labute approximate surface area is 178 Å². The molecule has 1 aliphatic heterocycles. The molecule has 5 heteroatoms. The lowest BCUT2D eigenvalue weighted by atomic mass is 9.93. The average molecular weight is 420 g/mol. The number of para-hydroxylation sites is 1. The maximum Gasteiger partial charge on any atom is 0.290 e. The molecule has 5 rings (SSSR count). The van der Waals surface area contributed by atoms with Crippen LogP contribution in [0, 0.1) is 0 Å². The van der Waals surface area contributed by atoms with E-state index in [2.05, 4.69) is 29.8 Å². The van der Waals surface area contributed by atoms with Crippen LogP contribution in [0.25, 0.3) is 11.0 Å². The van der Waals surface area contributed by atoms with Crippen LogP contribution in [0.3, 0.4) is 0 Å². The van der Waals surface area contributed by atoms with Gasteiger partial charge in [0.25, 0.3) is 5.91 Å². The van der Waals surface area contributed by atoms with Crippen LogP contribution in [0.2, 0.25) is 0 Å². The largest absolute Gasteiger partial charge is 0.451 e. The molecule has 3 heterocycles. The van der Waals surface area contributed by atoms with E-state index in [1.54, 1.807) is 23.1 Å². The highest BCUT2D eigenvalue weighted by molar-refractivity contribution is 7.97. The zero-order valence-corrected chi connectivity index (χ0v) is 17.8. The molecule has 2 aromatic heterocycles. The van der Waals surface area contributed by atoms with Crippen LogP contribution < -0.4 is 0 Å². The Hall–Kier alpha value is -2.50. The van der Waals surface area contributed by atoms with Crippen LogP contribution in [0.1, 0.15) is 38.2 Å². The number of rotatable bonds is 4. The zero-order valence-electron chi connectivity index (χ0n) is 16.1. The number of benzene rings is 2. The van der Waals surface area contributed by atoms with E-state index in [4.69, 9.17) is 4.42 Å². The predicted octanol–water partition coefficient (Wildman–Crippen LogP) is 6.15. The molecule has 1 unspecified atom stereocenters. The lowest BCUT2D eigenvalue weighted by Crippen LogP contribution is -2.40. The van der Waals surface area contributed by atoms with E-state index in [0.29, 0.717) is 12.3 Å². The van der Waals surface area contributed by atoms with Crippen LogP contribution in [-0.4, -0.2) is 23.6 Å². The van der Waals surface area contributed by atoms with Gasteiger partial charge >= 0.3 is 0 Å². The summed E-state index contributed by atoms with van der Waals surface area (Å²) in [6.07, 6.45) is 2.95. The summed E-state index contributed by atoms with van der Waals surface area (Å²) < 4.78 is 6.12. The summed E-state index contributed by atoms with van der Waals surface area (Å²) >= 11 is 3.49. The van der Waals surface area contributed by atoms with E-state index in [1.165, 1.54) is 10.4 Å². The number of hydrogen-bond acceptors (Lipinski definition) is 4. The number of thioether (sulfide) groups is 1. The number of hydrogen-bond donors (Lipinski definition) is 0. The van der Waals surface area contributed by atoms with Crippen molar-refractivity contribution in [2.75, 3.05) is 12.8 Å². The first-order valence-electron chi connectivity index (χ1n) is 9.69. The smallest absolute Gasteiger partial charge is 0.290 e. The molecule has 1 atom stereocenters. The minimum atomic E-state index is -0.0750. The number of nitrogens with zero attached hydrogens (tertiary/aromatic N) is 1. The molecule has 146 valence electrons. The van der Waals surface area contributed by atoms with Gasteiger partial charge in [0.15, 0.2) is 5.76 Å². The highest BCUT2D eigenvalue weighted by Gasteiger charge is 2.35. The van der Waals surface area contributed by atoms with Gasteiger partial charge in [-0.1, -0.05) is 48.5 Å². The third-order valence-electron chi connectivity index (χ3n) is 5.52. The summed E-state index contributed by atoms with van der Waals surface area (Å²) in [7, 11) is 0. The number of fused-ring (bicyclic) bond motifs is 2. The van der Waals surface area contributed by atoms with Gasteiger partial charge in [-0.3, -0.25) is 4.79 Å². The van der Waals surface area contributed by atoms with Gasteiger partial charge in [-0.2, -0.15) is 11.8 Å². The van der Waals surface area contributed by atoms with Crippen LogP contribution in [0.5, 0.6) is 0 Å². The fourth-order valence-electron chi connectivity index (χ4n) is 4.22. The fourth-order valence-corrected chi connectivity index (χ4v) is 5.70. The van der Waals surface area contributed by atoms with Crippen LogP contribution >= 0.6 is 23.1 Å². The van der Waals surface area contributed by atoms with Gasteiger partial charge in [0.05, 0.1) is 6.04 Å². The van der Waals surface area contributed by atoms with Crippen LogP contribution in [0.15, 0.2) is 70.5 Å². The minimum Gasteiger partial charge on any atom is -0.451 e. The van der Waals surface area contributed by atoms with Crippen LogP contribution in [-0.2, 0) is 12.2 Å². The molecule has 0 saturated carbocycles. The first-order valence-corrected chi connectivity index (χ1v) is 12.0. The third kappa shape index (κ3) is 3.18. The molecule has 0 radical (unpaired) electrons. The van der Waals surface area contributed by atoms with Gasteiger partial charge in [0, 0.05) is 28.1 Å². The normalized spacial score (nSPS) is 16.2. The lowest BCUT2D eigenvalue weighted by Gasteiger charge is -2.36. The number of thiophene rings is 1. The van der Waals surface area contributed by atoms with Gasteiger partial charge in [-0.25, -0.2) is 0 Å². The highest BCUT2D eigenvalue weighted by Crippen LogP contribution is 2.39. The molecule has 1 amide bonds. The Bertz CT molecular complexity index is 1160. The van der Waals surface area contributed by atoms with Gasteiger partial charge in [0.1, 0.15) is 5.58 Å². The first-order chi connectivity index (χ1) is 14.3. The van der Waals surface area contributed by atoms with E-state index in [1.807, 2.05) is 47.4 Å².